The van der Waals surface area contributed by atoms with E-state index in [1.165, 1.54) is 24.3 Å². The zero-order valence-corrected chi connectivity index (χ0v) is 14.7. The molecule has 0 radical (unpaired) electrons. The first-order valence-corrected chi connectivity index (χ1v) is 7.98. The predicted octanol–water partition coefficient (Wildman–Crippen LogP) is 4.00. The number of hydrogen-bond donors (Lipinski definition) is 2. The minimum Gasteiger partial charge on any atom is -0.481 e. The lowest BCUT2D eigenvalue weighted by molar-refractivity contribution is -0.139. The van der Waals surface area contributed by atoms with E-state index in [2.05, 4.69) is 5.32 Å². The maximum atomic E-state index is 12.3. The molecule has 0 aromatic heterocycles. The summed E-state index contributed by atoms with van der Waals surface area (Å²) in [5, 5.41) is 21.2. The van der Waals surface area contributed by atoms with E-state index in [4.69, 9.17) is 33.0 Å². The van der Waals surface area contributed by atoms with Crippen molar-refractivity contribution in [2.24, 2.45) is 0 Å². The first-order chi connectivity index (χ1) is 12.4. The quantitative estimate of drug-likeness (QED) is 0.573. The zero-order valence-electron chi connectivity index (χ0n) is 13.2. The van der Waals surface area contributed by atoms with Crippen LogP contribution in [0.5, 0.6) is 5.75 Å². The number of carboxylic acid groups (broad SMARTS) is 1. The summed E-state index contributed by atoms with van der Waals surface area (Å²) in [6, 6.07) is 12.8. The summed E-state index contributed by atoms with van der Waals surface area (Å²) >= 11 is 11.9. The van der Waals surface area contributed by atoms with E-state index in [-0.39, 0.29) is 11.3 Å². The Hall–Kier alpha value is -3.01. The average molecular weight is 391 g/mol. The number of carbonyl (C=O) groups excluding carboxylic acids is 1. The summed E-state index contributed by atoms with van der Waals surface area (Å²) in [6.45, 7) is -0.573. The lowest BCUT2D eigenvalue weighted by Crippen LogP contribution is -2.14. The highest BCUT2D eigenvalue weighted by molar-refractivity contribution is 6.34. The fraction of sp³-hybridized carbons (Fsp3) is 0.0556. The summed E-state index contributed by atoms with van der Waals surface area (Å²) in [5.41, 5.74) is 0.422. The summed E-state index contributed by atoms with van der Waals surface area (Å²) < 4.78 is 5.15. The molecule has 26 heavy (non-hydrogen) atoms. The van der Waals surface area contributed by atoms with Crippen LogP contribution in [-0.4, -0.2) is 23.6 Å². The van der Waals surface area contributed by atoms with Gasteiger partial charge in [-0.1, -0.05) is 35.3 Å². The van der Waals surface area contributed by atoms with Crippen LogP contribution in [0.3, 0.4) is 0 Å². The van der Waals surface area contributed by atoms with Crippen LogP contribution in [0.25, 0.3) is 6.08 Å². The highest BCUT2D eigenvalue weighted by atomic mass is 35.5. The number of para-hydroxylation sites is 1. The van der Waals surface area contributed by atoms with E-state index in [1.807, 2.05) is 0 Å². The maximum absolute atomic E-state index is 12.3. The number of nitriles is 1. The molecule has 0 fully saturated rings. The van der Waals surface area contributed by atoms with Gasteiger partial charge in [0, 0.05) is 10.6 Å². The van der Waals surface area contributed by atoms with Crippen molar-refractivity contribution in [3.63, 3.8) is 0 Å². The van der Waals surface area contributed by atoms with Gasteiger partial charge < -0.3 is 15.2 Å². The number of rotatable bonds is 6. The first kappa shape index (κ1) is 19.3. The van der Waals surface area contributed by atoms with Gasteiger partial charge >= 0.3 is 5.97 Å². The topological polar surface area (TPSA) is 99.4 Å². The molecule has 8 heteroatoms. The number of carboxylic acids is 1. The molecule has 0 saturated carbocycles. The molecule has 0 saturated heterocycles. The van der Waals surface area contributed by atoms with Crippen LogP contribution in [0.1, 0.15) is 5.56 Å². The minimum absolute atomic E-state index is 0.176. The lowest BCUT2D eigenvalue weighted by Gasteiger charge is -2.09. The van der Waals surface area contributed by atoms with Gasteiger partial charge in [0.25, 0.3) is 5.91 Å². The summed E-state index contributed by atoms with van der Waals surface area (Å²) in [7, 11) is 0. The second-order valence-electron chi connectivity index (χ2n) is 4.97. The Bertz CT molecular complexity index is 920. The Morgan fingerprint density at radius 3 is 2.62 bits per heavy atom. The monoisotopic (exact) mass is 390 g/mol. The molecule has 2 aromatic rings. The molecule has 2 aromatic carbocycles. The van der Waals surface area contributed by atoms with Gasteiger partial charge in [-0.25, -0.2) is 4.79 Å². The Morgan fingerprint density at radius 1 is 1.23 bits per heavy atom. The molecule has 0 heterocycles. The number of hydrogen-bond acceptors (Lipinski definition) is 4. The maximum Gasteiger partial charge on any atom is 0.341 e. The van der Waals surface area contributed by atoms with E-state index in [9.17, 15) is 14.9 Å². The number of carbonyl (C=O) groups is 2. The highest BCUT2D eigenvalue weighted by Gasteiger charge is 2.13. The second kappa shape index (κ2) is 8.90. The van der Waals surface area contributed by atoms with E-state index in [0.717, 1.165) is 0 Å². The van der Waals surface area contributed by atoms with E-state index in [0.29, 0.717) is 21.3 Å². The van der Waals surface area contributed by atoms with Crippen LogP contribution in [0.4, 0.5) is 5.69 Å². The third kappa shape index (κ3) is 5.24. The summed E-state index contributed by atoms with van der Waals surface area (Å²) in [5.74, 6) is -1.66. The van der Waals surface area contributed by atoms with Crippen molar-refractivity contribution < 1.29 is 19.4 Å². The summed E-state index contributed by atoms with van der Waals surface area (Å²) in [6.07, 6.45) is 1.26. The normalized spacial score (nSPS) is 10.7. The Morgan fingerprint density at radius 2 is 1.96 bits per heavy atom. The summed E-state index contributed by atoms with van der Waals surface area (Å²) in [4.78, 5) is 23.0. The van der Waals surface area contributed by atoms with Crippen LogP contribution in [0, 0.1) is 11.3 Å². The van der Waals surface area contributed by atoms with Crippen LogP contribution < -0.4 is 10.1 Å². The molecule has 0 aliphatic heterocycles. The van der Waals surface area contributed by atoms with Crippen LogP contribution in [0.2, 0.25) is 10.0 Å². The van der Waals surface area contributed by atoms with Crippen molar-refractivity contribution in [2.75, 3.05) is 11.9 Å². The average Bonchev–Trinajstić information content (AvgIpc) is 2.60. The predicted molar refractivity (Wildman–Crippen MR) is 98.3 cm³/mol. The van der Waals surface area contributed by atoms with Gasteiger partial charge in [0.05, 0.1) is 10.7 Å². The molecule has 0 aliphatic rings. The minimum atomic E-state index is -1.16. The Kier molecular flexibility index (Phi) is 6.61. The SMILES string of the molecule is N#C/C(=C\c1cc(Cl)ccc1OCC(=O)O)C(=O)Nc1ccccc1Cl. The van der Waals surface area contributed by atoms with Crippen LogP contribution in [0.15, 0.2) is 48.0 Å². The van der Waals surface area contributed by atoms with E-state index >= 15 is 0 Å². The lowest BCUT2D eigenvalue weighted by atomic mass is 10.1. The van der Waals surface area contributed by atoms with Crippen LogP contribution >= 0.6 is 23.2 Å². The second-order valence-corrected chi connectivity index (χ2v) is 5.81. The fourth-order valence-corrected chi connectivity index (χ4v) is 2.32. The highest BCUT2D eigenvalue weighted by Crippen LogP contribution is 2.26. The van der Waals surface area contributed by atoms with Crippen LogP contribution in [-0.2, 0) is 9.59 Å². The third-order valence-corrected chi connectivity index (χ3v) is 3.67. The molecule has 2 N–H and O–H groups in total. The molecule has 0 aliphatic carbocycles. The van der Waals surface area contributed by atoms with Crippen molar-refractivity contribution in [3.8, 4) is 11.8 Å². The smallest absolute Gasteiger partial charge is 0.341 e. The van der Waals surface area contributed by atoms with Gasteiger partial charge in [-0.05, 0) is 36.4 Å². The number of halogens is 2. The standard InChI is InChI=1S/C18H12Cl2N2O4/c19-13-5-6-16(26-10-17(23)24)11(8-13)7-12(9-21)18(25)22-15-4-2-1-3-14(15)20/h1-8H,10H2,(H,22,25)(H,23,24)/b12-7+. The molecule has 2 rings (SSSR count). The first-order valence-electron chi connectivity index (χ1n) is 7.22. The van der Waals surface area contributed by atoms with Crippen molar-refractivity contribution in [1.82, 2.24) is 0 Å². The molecule has 0 bridgehead atoms. The largest absolute Gasteiger partial charge is 0.481 e. The van der Waals surface area contributed by atoms with Gasteiger partial charge in [-0.3, -0.25) is 4.79 Å². The number of nitrogens with zero attached hydrogens (tertiary/aromatic N) is 1. The van der Waals surface area contributed by atoms with Gasteiger partial charge in [0.15, 0.2) is 6.61 Å². The number of amides is 1. The molecule has 0 spiro atoms. The number of benzene rings is 2. The number of ether oxygens (including phenoxy) is 1. The van der Waals surface area contributed by atoms with Crippen molar-refractivity contribution in [3.05, 3.63) is 63.6 Å². The molecule has 0 unspecified atom stereocenters. The van der Waals surface area contributed by atoms with Gasteiger partial charge in [-0.2, -0.15) is 5.26 Å². The molecule has 0 atom stereocenters. The fourth-order valence-electron chi connectivity index (χ4n) is 1.96. The molecular formula is C18H12Cl2N2O4. The Labute approximate surface area is 159 Å². The van der Waals surface area contributed by atoms with Crippen molar-refractivity contribution in [2.45, 2.75) is 0 Å². The molecule has 6 nitrogen and oxygen atoms in total. The number of nitrogens with one attached hydrogen (secondary N) is 1. The third-order valence-electron chi connectivity index (χ3n) is 3.11. The zero-order chi connectivity index (χ0) is 19.1. The van der Waals surface area contributed by atoms with Gasteiger partial charge in [-0.15, -0.1) is 0 Å². The van der Waals surface area contributed by atoms with Gasteiger partial charge in [0.2, 0.25) is 0 Å². The molecule has 1 amide bonds. The van der Waals surface area contributed by atoms with E-state index in [1.54, 1.807) is 30.3 Å². The number of aliphatic carboxylic acids is 1. The van der Waals surface area contributed by atoms with E-state index < -0.39 is 18.5 Å². The van der Waals surface area contributed by atoms with Crippen molar-refractivity contribution >= 4 is 46.8 Å². The molecule has 132 valence electrons. The molecular weight excluding hydrogens is 379 g/mol. The Balaban J connectivity index is 2.31. The number of anilines is 1. The van der Waals surface area contributed by atoms with Gasteiger partial charge in [0.1, 0.15) is 17.4 Å². The van der Waals surface area contributed by atoms with Crippen molar-refractivity contribution in [1.29, 1.82) is 5.26 Å².